The van der Waals surface area contributed by atoms with Crippen LogP contribution in [0.4, 0.5) is 10.5 Å². The number of ether oxygens (including phenoxy) is 1. The van der Waals surface area contributed by atoms with Crippen molar-refractivity contribution in [3.05, 3.63) is 45.8 Å². The van der Waals surface area contributed by atoms with Crippen LogP contribution in [0.5, 0.6) is 0 Å². The summed E-state index contributed by atoms with van der Waals surface area (Å²) in [7, 11) is 0. The normalized spacial score (nSPS) is 12.6. The third-order valence-electron chi connectivity index (χ3n) is 4.24. The smallest absolute Gasteiger partial charge is 0.415 e. The van der Waals surface area contributed by atoms with Crippen molar-refractivity contribution < 1.29 is 13.9 Å². The van der Waals surface area contributed by atoms with Crippen LogP contribution in [0.2, 0.25) is 5.15 Å². The molecule has 1 atom stereocenters. The fourth-order valence-electron chi connectivity index (χ4n) is 2.94. The molecule has 0 aliphatic carbocycles. The highest BCUT2D eigenvalue weighted by molar-refractivity contribution is 7.20. The summed E-state index contributed by atoms with van der Waals surface area (Å²) in [6.45, 7) is 9.37. The highest BCUT2D eigenvalue weighted by atomic mass is 35.5. The number of hydrogen-bond acceptors (Lipinski definition) is 6. The minimum absolute atomic E-state index is 0.178. The van der Waals surface area contributed by atoms with Gasteiger partial charge < -0.3 is 9.15 Å². The zero-order chi connectivity index (χ0) is 21.3. The first-order valence-corrected chi connectivity index (χ1v) is 10.3. The Bertz CT molecular complexity index is 1080. The Balaban J connectivity index is 2.18. The van der Waals surface area contributed by atoms with E-state index in [1.807, 2.05) is 34.6 Å². The molecular weight excluding hydrogens is 410 g/mol. The number of nitriles is 1. The standard InChI is InChI=1S/C21H22ClN3O3S/c1-12(10-23)18-13(2)17-19(29-18)15(9-16(22)24-17)25(11-14-7-6-8-27-14)20(26)28-21(3,4)5/h6-9,12H,11H2,1-5H3. The molecule has 1 amide bonds. The van der Waals surface area contributed by atoms with Crippen LogP contribution in [-0.4, -0.2) is 16.7 Å². The number of fused-ring (bicyclic) bond motifs is 1. The molecule has 0 saturated carbocycles. The number of nitrogens with zero attached hydrogens (tertiary/aromatic N) is 3. The summed E-state index contributed by atoms with van der Waals surface area (Å²) in [4.78, 5) is 19.9. The molecule has 0 fully saturated rings. The monoisotopic (exact) mass is 431 g/mol. The number of rotatable bonds is 4. The van der Waals surface area contributed by atoms with E-state index in [0.717, 1.165) is 15.1 Å². The molecule has 0 saturated heterocycles. The number of carbonyl (C=O) groups is 1. The maximum atomic E-state index is 13.1. The van der Waals surface area contributed by atoms with Gasteiger partial charge in [-0.25, -0.2) is 9.78 Å². The average molecular weight is 432 g/mol. The van der Waals surface area contributed by atoms with E-state index in [4.69, 9.17) is 20.8 Å². The summed E-state index contributed by atoms with van der Waals surface area (Å²) in [6.07, 6.45) is 1.04. The summed E-state index contributed by atoms with van der Waals surface area (Å²) in [5, 5.41) is 9.63. The van der Waals surface area contributed by atoms with E-state index in [9.17, 15) is 10.1 Å². The Hall–Kier alpha value is -2.56. The van der Waals surface area contributed by atoms with Gasteiger partial charge in [-0.3, -0.25) is 4.90 Å². The molecule has 0 aromatic carbocycles. The lowest BCUT2D eigenvalue weighted by Crippen LogP contribution is -2.36. The summed E-state index contributed by atoms with van der Waals surface area (Å²) in [6, 6.07) is 7.47. The highest BCUT2D eigenvalue weighted by Gasteiger charge is 2.28. The average Bonchev–Trinajstić information content (AvgIpc) is 3.25. The summed E-state index contributed by atoms with van der Waals surface area (Å²) in [5.41, 5.74) is 1.49. The number of hydrogen-bond donors (Lipinski definition) is 0. The lowest BCUT2D eigenvalue weighted by atomic mass is 10.1. The molecule has 3 aromatic heterocycles. The molecule has 8 heteroatoms. The third-order valence-corrected chi connectivity index (χ3v) is 5.92. The number of aryl methyl sites for hydroxylation is 1. The summed E-state index contributed by atoms with van der Waals surface area (Å²) in [5.74, 6) is 0.316. The minimum Gasteiger partial charge on any atom is -0.467 e. The maximum Gasteiger partial charge on any atom is 0.415 e. The van der Waals surface area contributed by atoms with Gasteiger partial charge in [0.15, 0.2) is 0 Å². The Morgan fingerprint density at radius 2 is 2.21 bits per heavy atom. The third kappa shape index (κ3) is 4.55. The summed E-state index contributed by atoms with van der Waals surface area (Å²) < 4.78 is 11.9. The second-order valence-electron chi connectivity index (χ2n) is 7.73. The predicted octanol–water partition coefficient (Wildman–Crippen LogP) is 6.42. The molecule has 3 heterocycles. The van der Waals surface area contributed by atoms with Crippen LogP contribution in [0, 0.1) is 18.3 Å². The number of furan rings is 1. The number of aromatic nitrogens is 1. The van der Waals surface area contributed by atoms with Crippen molar-refractivity contribution in [1.82, 2.24) is 4.98 Å². The van der Waals surface area contributed by atoms with Gasteiger partial charge in [0.25, 0.3) is 0 Å². The van der Waals surface area contributed by atoms with E-state index < -0.39 is 11.7 Å². The van der Waals surface area contributed by atoms with Crippen LogP contribution in [0.3, 0.4) is 0 Å². The van der Waals surface area contributed by atoms with E-state index >= 15 is 0 Å². The van der Waals surface area contributed by atoms with E-state index in [-0.39, 0.29) is 17.6 Å². The minimum atomic E-state index is -0.666. The van der Waals surface area contributed by atoms with Crippen molar-refractivity contribution in [3.8, 4) is 6.07 Å². The number of anilines is 1. The van der Waals surface area contributed by atoms with E-state index in [1.165, 1.54) is 16.2 Å². The number of halogens is 1. The number of pyridine rings is 1. The molecule has 3 rings (SSSR count). The van der Waals surface area contributed by atoms with Gasteiger partial charge in [-0.2, -0.15) is 5.26 Å². The van der Waals surface area contributed by atoms with Crippen molar-refractivity contribution in [1.29, 1.82) is 5.26 Å². The quantitative estimate of drug-likeness (QED) is 0.445. The molecule has 3 aromatic rings. The van der Waals surface area contributed by atoms with Crippen molar-refractivity contribution in [2.24, 2.45) is 0 Å². The Morgan fingerprint density at radius 3 is 2.79 bits per heavy atom. The SMILES string of the molecule is Cc1c(C(C)C#N)sc2c(N(Cc3ccco3)C(=O)OC(C)(C)C)cc(Cl)nc12. The van der Waals surface area contributed by atoms with E-state index in [2.05, 4.69) is 11.1 Å². The van der Waals surface area contributed by atoms with Gasteiger partial charge in [-0.05, 0) is 52.3 Å². The zero-order valence-electron chi connectivity index (χ0n) is 16.9. The predicted molar refractivity (Wildman–Crippen MR) is 115 cm³/mol. The van der Waals surface area contributed by atoms with Gasteiger partial charge >= 0.3 is 6.09 Å². The van der Waals surface area contributed by atoms with Gasteiger partial charge in [0, 0.05) is 10.9 Å². The van der Waals surface area contributed by atoms with Crippen molar-refractivity contribution >= 4 is 44.9 Å². The first kappa shape index (κ1) is 21.2. The lowest BCUT2D eigenvalue weighted by Gasteiger charge is -2.27. The van der Waals surface area contributed by atoms with Gasteiger partial charge in [-0.15, -0.1) is 11.3 Å². The topological polar surface area (TPSA) is 79.4 Å². The largest absolute Gasteiger partial charge is 0.467 e. The molecule has 0 bridgehead atoms. The molecule has 0 spiro atoms. The number of carbonyl (C=O) groups excluding carboxylic acids is 1. The van der Waals surface area contributed by atoms with Gasteiger partial charge in [0.1, 0.15) is 16.5 Å². The van der Waals surface area contributed by atoms with E-state index in [0.29, 0.717) is 17.0 Å². The molecule has 1 unspecified atom stereocenters. The summed E-state index contributed by atoms with van der Waals surface area (Å²) >= 11 is 7.75. The van der Waals surface area contributed by atoms with Crippen molar-refractivity contribution in [3.63, 3.8) is 0 Å². The van der Waals surface area contributed by atoms with Crippen LogP contribution in [0.1, 0.15) is 49.8 Å². The Morgan fingerprint density at radius 1 is 1.48 bits per heavy atom. The van der Waals surface area contributed by atoms with E-state index in [1.54, 1.807) is 24.5 Å². The fraction of sp³-hybridized carbons (Fsp3) is 0.381. The van der Waals surface area contributed by atoms with Crippen LogP contribution < -0.4 is 4.90 Å². The van der Waals surface area contributed by atoms with Gasteiger partial charge in [0.05, 0.1) is 40.7 Å². The van der Waals surface area contributed by atoms with Crippen LogP contribution >= 0.6 is 22.9 Å². The maximum absolute atomic E-state index is 13.1. The van der Waals surface area contributed by atoms with Crippen molar-refractivity contribution in [2.75, 3.05) is 4.90 Å². The molecule has 6 nitrogen and oxygen atoms in total. The molecule has 0 radical (unpaired) electrons. The second-order valence-corrected chi connectivity index (χ2v) is 9.17. The van der Waals surface area contributed by atoms with Crippen LogP contribution in [0.25, 0.3) is 10.2 Å². The Labute approximate surface area is 178 Å². The molecule has 152 valence electrons. The number of thiophene rings is 1. The first-order valence-electron chi connectivity index (χ1n) is 9.12. The Kier molecular flexibility index (Phi) is 5.87. The molecule has 29 heavy (non-hydrogen) atoms. The molecule has 0 aliphatic heterocycles. The highest BCUT2D eigenvalue weighted by Crippen LogP contribution is 2.41. The molecule has 0 N–H and O–H groups in total. The van der Waals surface area contributed by atoms with Crippen LogP contribution in [-0.2, 0) is 11.3 Å². The second kappa shape index (κ2) is 8.05. The first-order chi connectivity index (χ1) is 13.6. The van der Waals surface area contributed by atoms with Crippen molar-refractivity contribution in [2.45, 2.75) is 52.7 Å². The molecular formula is C21H22ClN3O3S. The fourth-order valence-corrected chi connectivity index (χ4v) is 4.40. The lowest BCUT2D eigenvalue weighted by molar-refractivity contribution is 0.0575. The van der Waals surface area contributed by atoms with Gasteiger partial charge in [0.2, 0.25) is 0 Å². The van der Waals surface area contributed by atoms with Gasteiger partial charge in [-0.1, -0.05) is 11.6 Å². The van der Waals surface area contributed by atoms with Crippen LogP contribution in [0.15, 0.2) is 28.9 Å². The number of amides is 1. The zero-order valence-corrected chi connectivity index (χ0v) is 18.5. The molecule has 0 aliphatic rings.